The Bertz CT molecular complexity index is 1150. The van der Waals surface area contributed by atoms with Crippen molar-refractivity contribution in [3.63, 3.8) is 0 Å². The first-order valence-electron chi connectivity index (χ1n) is 8.57. The number of fused-ring (bicyclic) bond motifs is 1. The second-order valence-electron chi connectivity index (χ2n) is 5.74. The summed E-state index contributed by atoms with van der Waals surface area (Å²) in [4.78, 5) is 39.8. The normalized spacial score (nSPS) is 11.7. The number of aromatic nitrogens is 1. The highest BCUT2D eigenvalue weighted by molar-refractivity contribution is 7.98. The molecule has 8 nitrogen and oxygen atoms in total. The van der Waals surface area contributed by atoms with Crippen LogP contribution in [0.4, 0.5) is 5.00 Å². The topological polar surface area (TPSA) is 104 Å². The molecule has 0 unspecified atom stereocenters. The van der Waals surface area contributed by atoms with Gasteiger partial charge in [0, 0.05) is 18.4 Å². The number of carbonyl (C=O) groups is 2. The number of thiophene rings is 1. The largest absolute Gasteiger partial charge is 0.462 e. The Morgan fingerprint density at radius 3 is 2.72 bits per heavy atom. The van der Waals surface area contributed by atoms with Crippen LogP contribution in [0.1, 0.15) is 27.0 Å². The van der Waals surface area contributed by atoms with Crippen LogP contribution in [0.5, 0.6) is 0 Å². The molecule has 11 heteroatoms. The van der Waals surface area contributed by atoms with Crippen molar-refractivity contribution in [1.29, 1.82) is 0 Å². The third-order valence-electron chi connectivity index (χ3n) is 3.89. The Labute approximate surface area is 178 Å². The van der Waals surface area contributed by atoms with Gasteiger partial charge in [-0.2, -0.15) is 16.8 Å². The number of carbonyl (C=O) groups excluding carboxylic acids is 2. The second-order valence-corrected chi connectivity index (χ2v) is 8.80. The van der Waals surface area contributed by atoms with Gasteiger partial charge in [-0.15, -0.1) is 0 Å². The molecule has 0 N–H and O–H groups in total. The molecular formula is C18H17N3O5S3. The molecule has 1 amide bonds. The first-order valence-corrected chi connectivity index (χ1v) is 11.6. The Morgan fingerprint density at radius 1 is 1.28 bits per heavy atom. The van der Waals surface area contributed by atoms with E-state index in [0.717, 1.165) is 27.3 Å². The molecule has 0 saturated carbocycles. The SMILES string of the molecule is CCOC(=O)c1ccc2c(c1)sc(=NC(=O)c1ccc([N+](=O)[O-])s1)n2CCSC. The molecule has 0 aliphatic rings. The summed E-state index contributed by atoms with van der Waals surface area (Å²) in [6.07, 6.45) is 1.99. The maximum Gasteiger partial charge on any atom is 0.338 e. The molecule has 2 heterocycles. The fourth-order valence-electron chi connectivity index (χ4n) is 2.58. The zero-order chi connectivity index (χ0) is 21.0. The number of ether oxygens (including phenoxy) is 1. The summed E-state index contributed by atoms with van der Waals surface area (Å²) in [7, 11) is 0. The summed E-state index contributed by atoms with van der Waals surface area (Å²) in [5, 5.41) is 10.7. The predicted molar refractivity (Wildman–Crippen MR) is 115 cm³/mol. The summed E-state index contributed by atoms with van der Waals surface area (Å²) in [5.41, 5.74) is 1.30. The van der Waals surface area contributed by atoms with Crippen LogP contribution in [-0.2, 0) is 11.3 Å². The lowest BCUT2D eigenvalue weighted by Gasteiger charge is -2.05. The van der Waals surface area contributed by atoms with Crippen LogP contribution < -0.4 is 4.80 Å². The van der Waals surface area contributed by atoms with Gasteiger partial charge >= 0.3 is 11.0 Å². The van der Waals surface area contributed by atoms with Gasteiger partial charge < -0.3 is 9.30 Å². The Hall–Kier alpha value is -2.50. The van der Waals surface area contributed by atoms with E-state index in [2.05, 4.69) is 4.99 Å². The molecule has 0 aliphatic heterocycles. The average molecular weight is 452 g/mol. The summed E-state index contributed by atoms with van der Waals surface area (Å²) >= 11 is 3.75. The molecule has 3 aromatic rings. The van der Waals surface area contributed by atoms with Crippen LogP contribution in [0, 0.1) is 10.1 Å². The maximum absolute atomic E-state index is 12.5. The lowest BCUT2D eigenvalue weighted by Crippen LogP contribution is -2.18. The number of hydrogen-bond acceptors (Lipinski definition) is 8. The van der Waals surface area contributed by atoms with Gasteiger partial charge in [0.1, 0.15) is 4.88 Å². The second kappa shape index (κ2) is 9.33. The van der Waals surface area contributed by atoms with Crippen molar-refractivity contribution in [3.05, 3.63) is 55.7 Å². The number of nitro groups is 1. The van der Waals surface area contributed by atoms with Crippen molar-refractivity contribution in [2.45, 2.75) is 13.5 Å². The highest BCUT2D eigenvalue weighted by Gasteiger charge is 2.16. The summed E-state index contributed by atoms with van der Waals surface area (Å²) in [6, 6.07) is 7.95. The fourth-order valence-corrected chi connectivity index (χ4v) is 4.75. The molecule has 0 spiro atoms. The number of esters is 1. The van der Waals surface area contributed by atoms with Crippen molar-refractivity contribution in [3.8, 4) is 0 Å². The van der Waals surface area contributed by atoms with Gasteiger partial charge in [-0.1, -0.05) is 22.7 Å². The third kappa shape index (κ3) is 4.74. The molecule has 0 radical (unpaired) electrons. The number of thioether (sulfide) groups is 1. The number of hydrogen-bond donors (Lipinski definition) is 0. The number of aryl methyl sites for hydroxylation is 1. The fraction of sp³-hybridized carbons (Fsp3) is 0.278. The molecule has 0 fully saturated rings. The summed E-state index contributed by atoms with van der Waals surface area (Å²) in [6.45, 7) is 2.67. The van der Waals surface area contributed by atoms with Crippen LogP contribution >= 0.6 is 34.4 Å². The number of nitrogens with zero attached hydrogens (tertiary/aromatic N) is 3. The lowest BCUT2D eigenvalue weighted by molar-refractivity contribution is -0.380. The molecule has 2 aromatic heterocycles. The Balaban J connectivity index is 2.06. The van der Waals surface area contributed by atoms with Gasteiger partial charge in [-0.05, 0) is 37.4 Å². The number of thiazole rings is 1. The van der Waals surface area contributed by atoms with E-state index in [1.807, 2.05) is 16.9 Å². The first-order chi connectivity index (χ1) is 13.9. The molecule has 3 rings (SSSR count). The van der Waals surface area contributed by atoms with Crippen LogP contribution in [0.3, 0.4) is 0 Å². The molecule has 1 aromatic carbocycles. The summed E-state index contributed by atoms with van der Waals surface area (Å²) in [5.74, 6) is -0.116. The highest BCUT2D eigenvalue weighted by atomic mass is 32.2. The van der Waals surface area contributed by atoms with E-state index in [1.165, 1.54) is 23.5 Å². The minimum Gasteiger partial charge on any atom is -0.462 e. The molecule has 152 valence electrons. The van der Waals surface area contributed by atoms with E-state index in [4.69, 9.17) is 4.74 Å². The van der Waals surface area contributed by atoms with Crippen molar-refractivity contribution in [1.82, 2.24) is 4.57 Å². The van der Waals surface area contributed by atoms with Gasteiger partial charge in [0.25, 0.3) is 5.91 Å². The van der Waals surface area contributed by atoms with E-state index < -0.39 is 16.8 Å². The number of rotatable bonds is 7. The van der Waals surface area contributed by atoms with E-state index in [1.54, 1.807) is 30.8 Å². The first kappa shape index (κ1) is 21.2. The third-order valence-corrected chi connectivity index (χ3v) is 6.55. The van der Waals surface area contributed by atoms with E-state index >= 15 is 0 Å². The van der Waals surface area contributed by atoms with Crippen molar-refractivity contribution >= 4 is 61.5 Å². The maximum atomic E-state index is 12.5. The minimum absolute atomic E-state index is 0.103. The van der Waals surface area contributed by atoms with Gasteiger partial charge in [-0.25, -0.2) is 4.79 Å². The van der Waals surface area contributed by atoms with Gasteiger partial charge in [0.05, 0.1) is 27.3 Å². The highest BCUT2D eigenvalue weighted by Crippen LogP contribution is 2.25. The molecule has 0 saturated heterocycles. The van der Waals surface area contributed by atoms with E-state index in [0.29, 0.717) is 16.9 Å². The Kier molecular flexibility index (Phi) is 6.83. The zero-order valence-corrected chi connectivity index (χ0v) is 18.1. The monoisotopic (exact) mass is 451 g/mol. The van der Waals surface area contributed by atoms with Crippen LogP contribution in [0.25, 0.3) is 10.2 Å². The van der Waals surface area contributed by atoms with Crippen molar-refractivity contribution in [2.24, 2.45) is 4.99 Å². The molecule has 29 heavy (non-hydrogen) atoms. The van der Waals surface area contributed by atoms with Gasteiger partial charge in [-0.3, -0.25) is 14.9 Å². The smallest absolute Gasteiger partial charge is 0.338 e. The van der Waals surface area contributed by atoms with Crippen LogP contribution in [0.2, 0.25) is 0 Å². The van der Waals surface area contributed by atoms with Crippen LogP contribution in [-0.4, -0.2) is 40.0 Å². The average Bonchev–Trinajstić information content (AvgIpc) is 3.31. The predicted octanol–water partition coefficient (Wildman–Crippen LogP) is 3.95. The van der Waals surface area contributed by atoms with E-state index in [-0.39, 0.29) is 16.5 Å². The zero-order valence-electron chi connectivity index (χ0n) is 15.6. The van der Waals surface area contributed by atoms with Crippen molar-refractivity contribution < 1.29 is 19.2 Å². The molecule has 0 aliphatic carbocycles. The number of amides is 1. The van der Waals surface area contributed by atoms with Crippen LogP contribution in [0.15, 0.2) is 35.3 Å². The molecule has 0 bridgehead atoms. The summed E-state index contributed by atoms with van der Waals surface area (Å²) < 4.78 is 7.78. The standard InChI is InChI=1S/C18H17N3O5S3/c1-3-26-17(23)11-4-5-12-14(10-11)29-18(20(12)8-9-27-2)19-16(22)13-6-7-15(28-13)21(24)25/h4-7,10H,3,8-9H2,1-2H3. The quantitative estimate of drug-likeness (QED) is 0.306. The Morgan fingerprint density at radius 2 is 2.07 bits per heavy atom. The van der Waals surface area contributed by atoms with E-state index in [9.17, 15) is 19.7 Å². The minimum atomic E-state index is -0.531. The van der Waals surface area contributed by atoms with Gasteiger partial charge in [0.15, 0.2) is 4.80 Å². The number of benzene rings is 1. The lowest BCUT2D eigenvalue weighted by atomic mass is 10.2. The molecule has 0 atom stereocenters. The molecular weight excluding hydrogens is 434 g/mol. The van der Waals surface area contributed by atoms with Crippen molar-refractivity contribution in [2.75, 3.05) is 18.6 Å². The van der Waals surface area contributed by atoms with Gasteiger partial charge in [0.2, 0.25) is 0 Å².